The average molecular weight is 765 g/mol. The SMILES string of the molecule is CC1(C)COC(=O)[C@@H]1OC(=O)C=Cc1cccc(C(=O)O[C@@H]2CC(C(=O)N3CCC[C@@H]3C(=O)NCCO)=C[C@H]3OC(c4ccccc4)(c4ccccc4)O[C@H]32)c1. The Morgan fingerprint density at radius 2 is 1.66 bits per heavy atom. The minimum Gasteiger partial charge on any atom is -0.462 e. The average Bonchev–Trinajstić information content (AvgIpc) is 3.93. The molecule has 3 aliphatic heterocycles. The summed E-state index contributed by atoms with van der Waals surface area (Å²) >= 11 is 0. The second-order valence-electron chi connectivity index (χ2n) is 14.9. The first kappa shape index (κ1) is 38.6. The topological polar surface area (TPSA) is 167 Å². The summed E-state index contributed by atoms with van der Waals surface area (Å²) in [5.74, 6) is -4.16. The molecule has 3 aromatic carbocycles. The lowest BCUT2D eigenvalue weighted by Gasteiger charge is -2.33. The molecule has 13 nitrogen and oxygen atoms in total. The van der Waals surface area contributed by atoms with E-state index in [4.69, 9.17) is 23.7 Å². The van der Waals surface area contributed by atoms with Crippen LogP contribution in [0, 0.1) is 5.41 Å². The summed E-state index contributed by atoms with van der Waals surface area (Å²) in [6.45, 7) is 3.89. The summed E-state index contributed by atoms with van der Waals surface area (Å²) in [6, 6.07) is 24.5. The summed E-state index contributed by atoms with van der Waals surface area (Å²) < 4.78 is 30.3. The molecule has 5 atom stereocenters. The molecule has 0 saturated carbocycles. The molecule has 1 aliphatic carbocycles. The van der Waals surface area contributed by atoms with E-state index in [9.17, 15) is 29.1 Å². The lowest BCUT2D eigenvalue weighted by Crippen LogP contribution is -2.49. The lowest BCUT2D eigenvalue weighted by molar-refractivity contribution is -0.159. The highest BCUT2D eigenvalue weighted by molar-refractivity contribution is 5.98. The molecule has 3 aromatic rings. The number of carbonyl (C=O) groups is 5. The van der Waals surface area contributed by atoms with Crippen LogP contribution < -0.4 is 5.32 Å². The number of esters is 3. The van der Waals surface area contributed by atoms with E-state index in [-0.39, 0.29) is 43.6 Å². The molecule has 56 heavy (non-hydrogen) atoms. The number of carbonyl (C=O) groups excluding carboxylic acids is 5. The molecular weight excluding hydrogens is 720 g/mol. The minimum absolute atomic E-state index is 0.0123. The van der Waals surface area contributed by atoms with Gasteiger partial charge in [0.2, 0.25) is 23.7 Å². The molecule has 0 spiro atoms. The van der Waals surface area contributed by atoms with Crippen molar-refractivity contribution in [2.45, 2.75) is 69.4 Å². The van der Waals surface area contributed by atoms with E-state index in [1.54, 1.807) is 44.2 Å². The maximum atomic E-state index is 14.2. The third-order valence-corrected chi connectivity index (χ3v) is 10.4. The Morgan fingerprint density at radius 1 is 0.946 bits per heavy atom. The van der Waals surface area contributed by atoms with Crippen molar-refractivity contribution in [1.82, 2.24) is 10.2 Å². The van der Waals surface area contributed by atoms with Crippen LogP contribution in [-0.4, -0.2) is 96.5 Å². The second-order valence-corrected chi connectivity index (χ2v) is 14.9. The summed E-state index contributed by atoms with van der Waals surface area (Å²) in [5, 5.41) is 11.9. The summed E-state index contributed by atoms with van der Waals surface area (Å²) in [7, 11) is 0. The van der Waals surface area contributed by atoms with Crippen LogP contribution in [0.15, 0.2) is 103 Å². The highest BCUT2D eigenvalue weighted by Gasteiger charge is 2.55. The molecule has 7 rings (SSSR count). The number of cyclic esters (lactones) is 1. The maximum Gasteiger partial charge on any atom is 0.348 e. The number of amides is 2. The summed E-state index contributed by atoms with van der Waals surface area (Å²) in [5.41, 5.74) is 1.74. The van der Waals surface area contributed by atoms with E-state index in [1.165, 1.54) is 17.1 Å². The molecule has 2 N–H and O–H groups in total. The Kier molecular flexibility index (Phi) is 11.2. The van der Waals surface area contributed by atoms with Gasteiger partial charge >= 0.3 is 17.9 Å². The first-order valence-electron chi connectivity index (χ1n) is 18.7. The van der Waals surface area contributed by atoms with E-state index in [0.29, 0.717) is 41.6 Å². The van der Waals surface area contributed by atoms with Gasteiger partial charge in [-0.1, -0.05) is 86.6 Å². The smallest absolute Gasteiger partial charge is 0.348 e. The molecule has 0 bridgehead atoms. The number of likely N-dealkylation sites (tertiary alicyclic amines) is 1. The Hall–Kier alpha value is -5.63. The number of ether oxygens (including phenoxy) is 5. The zero-order valence-corrected chi connectivity index (χ0v) is 31.1. The van der Waals surface area contributed by atoms with Crippen LogP contribution >= 0.6 is 0 Å². The third-order valence-electron chi connectivity index (χ3n) is 10.4. The first-order chi connectivity index (χ1) is 27.0. The van der Waals surface area contributed by atoms with Crippen LogP contribution in [0.25, 0.3) is 6.08 Å². The highest BCUT2D eigenvalue weighted by atomic mass is 16.8. The number of aliphatic hydroxyl groups excluding tert-OH is 1. The van der Waals surface area contributed by atoms with Gasteiger partial charge < -0.3 is 39.0 Å². The van der Waals surface area contributed by atoms with Crippen LogP contribution in [-0.2, 0) is 48.6 Å². The first-order valence-corrected chi connectivity index (χ1v) is 18.7. The fraction of sp³-hybridized carbons (Fsp3) is 0.372. The van der Waals surface area contributed by atoms with Crippen molar-refractivity contribution in [1.29, 1.82) is 0 Å². The molecule has 0 radical (unpaired) electrons. The van der Waals surface area contributed by atoms with Crippen molar-refractivity contribution < 1.29 is 52.8 Å². The summed E-state index contributed by atoms with van der Waals surface area (Å²) in [4.78, 5) is 67.4. The molecule has 2 amide bonds. The predicted octanol–water partition coefficient (Wildman–Crippen LogP) is 3.83. The van der Waals surface area contributed by atoms with Crippen molar-refractivity contribution in [3.05, 3.63) is 125 Å². The number of hydrogen-bond donors (Lipinski definition) is 2. The van der Waals surface area contributed by atoms with E-state index in [0.717, 1.165) is 0 Å². The molecular formula is C43H44N2O11. The Balaban J connectivity index is 1.16. The van der Waals surface area contributed by atoms with Crippen LogP contribution in [0.5, 0.6) is 0 Å². The van der Waals surface area contributed by atoms with E-state index < -0.39 is 59.6 Å². The van der Waals surface area contributed by atoms with Crippen molar-refractivity contribution >= 4 is 35.8 Å². The highest BCUT2D eigenvalue weighted by Crippen LogP contribution is 2.47. The number of nitrogens with one attached hydrogen (secondary N) is 1. The standard InChI is InChI=1S/C43H44N2O11/c1-42(2)26-52-41(51)37(42)54-35(47)19-18-27-11-9-12-28(23-27)40(50)53-33-24-29(39(49)45-21-10-17-32(45)38(48)44-20-22-46)25-34-36(33)56-43(55-34,30-13-5-3-6-14-30)31-15-7-4-8-16-31/h3-9,11-16,18-19,23,25,32-34,36-37,46H,10,17,20-22,24,26H2,1-2H3,(H,44,48)/t32-,33-,34-,36+,37+/m1/s1. The van der Waals surface area contributed by atoms with Crippen molar-refractivity contribution in [2.24, 2.45) is 5.41 Å². The van der Waals surface area contributed by atoms with Gasteiger partial charge in [0.25, 0.3) is 0 Å². The number of nitrogens with zero attached hydrogens (tertiary/aromatic N) is 1. The van der Waals surface area contributed by atoms with Crippen LogP contribution in [0.3, 0.4) is 0 Å². The number of benzene rings is 3. The third kappa shape index (κ3) is 7.88. The number of rotatable bonds is 11. The van der Waals surface area contributed by atoms with Gasteiger partial charge in [-0.2, -0.15) is 0 Å². The fourth-order valence-electron chi connectivity index (χ4n) is 7.58. The van der Waals surface area contributed by atoms with Crippen LogP contribution in [0.4, 0.5) is 0 Å². The van der Waals surface area contributed by atoms with Gasteiger partial charge in [-0.15, -0.1) is 0 Å². The molecule has 4 aliphatic rings. The second kappa shape index (κ2) is 16.2. The number of aliphatic hydroxyl groups is 1. The molecule has 3 heterocycles. The largest absolute Gasteiger partial charge is 0.462 e. The Bertz CT molecular complexity index is 1990. The molecule has 0 aromatic heterocycles. The van der Waals surface area contributed by atoms with Gasteiger partial charge in [0.05, 0.1) is 12.2 Å². The van der Waals surface area contributed by atoms with E-state index in [1.807, 2.05) is 60.7 Å². The van der Waals surface area contributed by atoms with Crippen LogP contribution in [0.1, 0.15) is 60.2 Å². The zero-order valence-electron chi connectivity index (χ0n) is 31.1. The predicted molar refractivity (Wildman–Crippen MR) is 200 cm³/mol. The van der Waals surface area contributed by atoms with Gasteiger partial charge in [-0.3, -0.25) is 9.59 Å². The van der Waals surface area contributed by atoms with Crippen LogP contribution in [0.2, 0.25) is 0 Å². The maximum absolute atomic E-state index is 14.2. The number of fused-ring (bicyclic) bond motifs is 1. The fourth-order valence-corrected chi connectivity index (χ4v) is 7.58. The van der Waals surface area contributed by atoms with Crippen molar-refractivity contribution in [3.63, 3.8) is 0 Å². The van der Waals surface area contributed by atoms with Gasteiger partial charge in [-0.05, 0) is 42.7 Å². The van der Waals surface area contributed by atoms with Crippen molar-refractivity contribution in [3.8, 4) is 0 Å². The quantitative estimate of drug-likeness (QED) is 0.166. The Morgan fingerprint density at radius 3 is 2.32 bits per heavy atom. The summed E-state index contributed by atoms with van der Waals surface area (Å²) in [6.07, 6.45) is 1.76. The number of hydrogen-bond acceptors (Lipinski definition) is 11. The van der Waals surface area contributed by atoms with E-state index in [2.05, 4.69) is 5.32 Å². The molecule has 3 fully saturated rings. The molecule has 292 valence electrons. The molecule has 3 saturated heterocycles. The van der Waals surface area contributed by atoms with E-state index >= 15 is 0 Å². The molecule has 0 unspecified atom stereocenters. The van der Waals surface area contributed by atoms with Gasteiger partial charge in [0.1, 0.15) is 31.0 Å². The Labute approximate surface area is 324 Å². The van der Waals surface area contributed by atoms with Gasteiger partial charge in [-0.25, -0.2) is 14.4 Å². The monoisotopic (exact) mass is 764 g/mol. The zero-order chi connectivity index (χ0) is 39.5. The lowest BCUT2D eigenvalue weighted by atomic mass is 9.90. The van der Waals surface area contributed by atoms with Crippen molar-refractivity contribution in [2.75, 3.05) is 26.3 Å². The minimum atomic E-state index is -1.40. The normalized spacial score (nSPS) is 24.9. The van der Waals surface area contributed by atoms with Gasteiger partial charge in [0.15, 0.2) is 0 Å². The van der Waals surface area contributed by atoms with Gasteiger partial charge in [0, 0.05) is 47.7 Å². The molecule has 13 heteroatoms.